The van der Waals surface area contributed by atoms with E-state index in [1.165, 1.54) is 6.07 Å². The van der Waals surface area contributed by atoms with Crippen LogP contribution in [0.2, 0.25) is 5.02 Å². The van der Waals surface area contributed by atoms with Crippen LogP contribution in [0.3, 0.4) is 0 Å². The number of rotatable bonds is 4. The molecule has 1 fully saturated rings. The summed E-state index contributed by atoms with van der Waals surface area (Å²) >= 11 is 6.04. The standard InChI is InChI=1S/C15H21ClF2N2.ClH/c1-10(2)9-13(20-7-5-19-6-8-20)14-11(17)3-4-12(18)15(14)16;/h3-4,10,13,19H,5-9H2,1-2H3;1H/t13-;/m1./s1. The molecule has 21 heavy (non-hydrogen) atoms. The van der Waals surface area contributed by atoms with E-state index < -0.39 is 11.6 Å². The van der Waals surface area contributed by atoms with E-state index in [4.69, 9.17) is 11.6 Å². The van der Waals surface area contributed by atoms with Crippen molar-refractivity contribution < 1.29 is 8.78 Å². The Morgan fingerprint density at radius 1 is 1.19 bits per heavy atom. The average molecular weight is 339 g/mol. The summed E-state index contributed by atoms with van der Waals surface area (Å²) in [7, 11) is 0. The molecule has 1 saturated heterocycles. The third-order valence-corrected chi connectivity index (χ3v) is 4.08. The average Bonchev–Trinajstić information content (AvgIpc) is 2.43. The van der Waals surface area contributed by atoms with E-state index in [1.54, 1.807) is 0 Å². The van der Waals surface area contributed by atoms with E-state index in [-0.39, 0.29) is 23.5 Å². The first-order valence-electron chi connectivity index (χ1n) is 7.09. The lowest BCUT2D eigenvalue weighted by Gasteiger charge is -2.36. The highest BCUT2D eigenvalue weighted by Gasteiger charge is 2.28. The minimum Gasteiger partial charge on any atom is -0.314 e. The highest BCUT2D eigenvalue weighted by atomic mass is 35.5. The normalized spacial score (nSPS) is 17.6. The van der Waals surface area contributed by atoms with Crippen LogP contribution >= 0.6 is 24.0 Å². The lowest BCUT2D eigenvalue weighted by atomic mass is 9.94. The first-order valence-corrected chi connectivity index (χ1v) is 7.46. The third-order valence-electron chi connectivity index (χ3n) is 3.70. The van der Waals surface area contributed by atoms with E-state index in [2.05, 4.69) is 24.1 Å². The lowest BCUT2D eigenvalue weighted by Crippen LogP contribution is -2.45. The van der Waals surface area contributed by atoms with Gasteiger partial charge in [-0.2, -0.15) is 0 Å². The fourth-order valence-electron chi connectivity index (χ4n) is 2.74. The molecule has 0 aromatic heterocycles. The second kappa shape index (κ2) is 8.28. The minimum atomic E-state index is -0.549. The summed E-state index contributed by atoms with van der Waals surface area (Å²) in [6.45, 7) is 7.54. The van der Waals surface area contributed by atoms with Crippen LogP contribution in [0.1, 0.15) is 31.9 Å². The number of halogens is 4. The SMILES string of the molecule is CC(C)C[C@H](c1c(F)ccc(F)c1Cl)N1CCNCC1.Cl. The Hall–Kier alpha value is -0.420. The summed E-state index contributed by atoms with van der Waals surface area (Å²) in [6.07, 6.45) is 0.764. The summed E-state index contributed by atoms with van der Waals surface area (Å²) in [5, 5.41) is 3.20. The minimum absolute atomic E-state index is 0. The highest BCUT2D eigenvalue weighted by Crippen LogP contribution is 2.36. The van der Waals surface area contributed by atoms with Crippen LogP contribution in [0.5, 0.6) is 0 Å². The van der Waals surface area contributed by atoms with Crippen molar-refractivity contribution in [1.82, 2.24) is 10.2 Å². The van der Waals surface area contributed by atoms with Gasteiger partial charge in [-0.15, -0.1) is 12.4 Å². The molecule has 0 amide bonds. The molecule has 1 aliphatic rings. The smallest absolute Gasteiger partial charge is 0.142 e. The molecule has 1 atom stereocenters. The maximum atomic E-state index is 14.2. The molecule has 1 aliphatic heterocycles. The second-order valence-corrected chi connectivity index (χ2v) is 6.07. The van der Waals surface area contributed by atoms with Crippen molar-refractivity contribution in [2.75, 3.05) is 26.2 Å². The van der Waals surface area contributed by atoms with Gasteiger partial charge in [0.2, 0.25) is 0 Å². The largest absolute Gasteiger partial charge is 0.314 e. The Morgan fingerprint density at radius 2 is 1.76 bits per heavy atom. The monoisotopic (exact) mass is 338 g/mol. The lowest BCUT2D eigenvalue weighted by molar-refractivity contribution is 0.151. The van der Waals surface area contributed by atoms with Gasteiger partial charge in [0.1, 0.15) is 11.6 Å². The van der Waals surface area contributed by atoms with Crippen LogP contribution in [0.4, 0.5) is 8.78 Å². The number of piperazine rings is 1. The van der Waals surface area contributed by atoms with Crippen LogP contribution in [0, 0.1) is 17.6 Å². The van der Waals surface area contributed by atoms with E-state index in [0.717, 1.165) is 38.7 Å². The van der Waals surface area contributed by atoms with Crippen molar-refractivity contribution in [1.29, 1.82) is 0 Å². The molecule has 1 aromatic carbocycles. The molecule has 0 saturated carbocycles. The molecule has 120 valence electrons. The summed E-state index contributed by atoms with van der Waals surface area (Å²) in [4.78, 5) is 2.19. The van der Waals surface area contributed by atoms with Gasteiger partial charge in [-0.05, 0) is 24.5 Å². The van der Waals surface area contributed by atoms with Crippen LogP contribution in [-0.4, -0.2) is 31.1 Å². The van der Waals surface area contributed by atoms with Gasteiger partial charge in [0, 0.05) is 37.8 Å². The number of nitrogens with one attached hydrogen (secondary N) is 1. The maximum Gasteiger partial charge on any atom is 0.142 e. The Morgan fingerprint density at radius 3 is 2.33 bits per heavy atom. The first-order chi connectivity index (χ1) is 9.50. The van der Waals surface area contributed by atoms with E-state index in [1.807, 2.05) is 0 Å². The van der Waals surface area contributed by atoms with Crippen molar-refractivity contribution >= 4 is 24.0 Å². The Balaban J connectivity index is 0.00000220. The molecule has 0 aliphatic carbocycles. The van der Waals surface area contributed by atoms with Crippen LogP contribution < -0.4 is 5.32 Å². The quantitative estimate of drug-likeness (QED) is 0.833. The number of nitrogens with zero attached hydrogens (tertiary/aromatic N) is 1. The van der Waals surface area contributed by atoms with Gasteiger partial charge >= 0.3 is 0 Å². The van der Waals surface area contributed by atoms with Crippen molar-refractivity contribution in [2.24, 2.45) is 5.92 Å². The topological polar surface area (TPSA) is 15.3 Å². The van der Waals surface area contributed by atoms with Gasteiger partial charge in [-0.3, -0.25) is 4.90 Å². The van der Waals surface area contributed by atoms with Gasteiger partial charge in [0.25, 0.3) is 0 Å². The fraction of sp³-hybridized carbons (Fsp3) is 0.600. The predicted molar refractivity (Wildman–Crippen MR) is 85.3 cm³/mol. The summed E-state index contributed by atoms with van der Waals surface area (Å²) < 4.78 is 27.9. The number of hydrogen-bond donors (Lipinski definition) is 1. The second-order valence-electron chi connectivity index (χ2n) is 5.69. The van der Waals surface area contributed by atoms with Gasteiger partial charge in [0.15, 0.2) is 0 Å². The first kappa shape index (κ1) is 18.6. The molecule has 6 heteroatoms. The zero-order valence-corrected chi connectivity index (χ0v) is 13.9. The van der Waals surface area contributed by atoms with Crippen LogP contribution in [-0.2, 0) is 0 Å². The number of benzene rings is 1. The van der Waals surface area contributed by atoms with Crippen molar-refractivity contribution in [3.05, 3.63) is 34.4 Å². The maximum absolute atomic E-state index is 14.2. The molecule has 0 spiro atoms. The molecule has 2 rings (SSSR count). The van der Waals surface area contributed by atoms with Gasteiger partial charge in [0.05, 0.1) is 5.02 Å². The summed E-state index contributed by atoms with van der Waals surface area (Å²) in [5.41, 5.74) is 0.308. The fourth-order valence-corrected chi connectivity index (χ4v) is 3.02. The molecule has 0 radical (unpaired) electrons. The Kier molecular flexibility index (Phi) is 7.34. The molecule has 0 bridgehead atoms. The molecule has 1 aromatic rings. The molecule has 1 N–H and O–H groups in total. The van der Waals surface area contributed by atoms with Crippen molar-refractivity contribution in [3.8, 4) is 0 Å². The van der Waals surface area contributed by atoms with Crippen LogP contribution in [0.25, 0.3) is 0 Å². The van der Waals surface area contributed by atoms with Crippen molar-refractivity contribution in [2.45, 2.75) is 26.3 Å². The zero-order valence-electron chi connectivity index (χ0n) is 12.3. The van der Waals surface area contributed by atoms with Gasteiger partial charge in [-0.1, -0.05) is 25.4 Å². The van der Waals surface area contributed by atoms with E-state index >= 15 is 0 Å². The third kappa shape index (κ3) is 4.52. The van der Waals surface area contributed by atoms with Gasteiger partial charge < -0.3 is 5.32 Å². The molecular formula is C15H22Cl2F2N2. The summed E-state index contributed by atoms with van der Waals surface area (Å²) in [5.74, 6) is -0.582. The predicted octanol–water partition coefficient (Wildman–Crippen LogP) is 4.03. The number of hydrogen-bond acceptors (Lipinski definition) is 2. The van der Waals surface area contributed by atoms with Crippen molar-refractivity contribution in [3.63, 3.8) is 0 Å². The zero-order chi connectivity index (χ0) is 14.7. The van der Waals surface area contributed by atoms with Crippen LogP contribution in [0.15, 0.2) is 12.1 Å². The molecule has 1 heterocycles. The molecule has 2 nitrogen and oxygen atoms in total. The molecule has 0 unspecified atom stereocenters. The summed E-state index contributed by atoms with van der Waals surface area (Å²) in [6, 6.07) is 2.09. The molecular weight excluding hydrogens is 317 g/mol. The highest BCUT2D eigenvalue weighted by molar-refractivity contribution is 6.31. The van der Waals surface area contributed by atoms with E-state index in [0.29, 0.717) is 11.5 Å². The van der Waals surface area contributed by atoms with Gasteiger partial charge in [-0.25, -0.2) is 8.78 Å². The Bertz CT molecular complexity index is 463. The van der Waals surface area contributed by atoms with E-state index in [9.17, 15) is 8.78 Å². The Labute approximate surface area is 136 Å².